The summed E-state index contributed by atoms with van der Waals surface area (Å²) >= 11 is 0. The van der Waals surface area contributed by atoms with Gasteiger partial charge in [0.2, 0.25) is 5.91 Å². The van der Waals surface area contributed by atoms with Gasteiger partial charge < -0.3 is 13.7 Å². The molecule has 1 aliphatic carbocycles. The molecule has 0 aliphatic heterocycles. The van der Waals surface area contributed by atoms with Crippen LogP contribution in [-0.2, 0) is 23.3 Å². The highest BCUT2D eigenvalue weighted by Crippen LogP contribution is 2.47. The Kier molecular flexibility index (Phi) is 5.90. The molecule has 3 aromatic rings. The van der Waals surface area contributed by atoms with Gasteiger partial charge >= 0.3 is 0 Å². The first kappa shape index (κ1) is 21.2. The van der Waals surface area contributed by atoms with Crippen LogP contribution in [0.2, 0.25) is 0 Å². The van der Waals surface area contributed by atoms with E-state index in [1.54, 1.807) is 17.2 Å². The second-order valence-electron chi connectivity index (χ2n) is 9.60. The summed E-state index contributed by atoms with van der Waals surface area (Å²) in [6.07, 6.45) is 6.30. The quantitative estimate of drug-likeness (QED) is 0.410. The lowest BCUT2D eigenvalue weighted by Crippen LogP contribution is -2.28. The molecule has 31 heavy (non-hydrogen) atoms. The largest absolute Gasteiger partial charge is 0.467 e. The van der Waals surface area contributed by atoms with E-state index in [4.69, 9.17) is 8.83 Å². The van der Waals surface area contributed by atoms with Gasteiger partial charge in [-0.25, -0.2) is 0 Å². The van der Waals surface area contributed by atoms with E-state index >= 15 is 0 Å². The molecular weight excluding hydrogens is 386 g/mol. The van der Waals surface area contributed by atoms with Gasteiger partial charge in [-0.05, 0) is 59.2 Å². The highest BCUT2D eigenvalue weighted by molar-refractivity contribution is 5.91. The molecule has 2 heterocycles. The molecule has 0 N–H and O–H groups in total. The van der Waals surface area contributed by atoms with Crippen molar-refractivity contribution >= 4 is 12.0 Å². The van der Waals surface area contributed by atoms with Crippen molar-refractivity contribution < 1.29 is 13.6 Å². The van der Waals surface area contributed by atoms with Gasteiger partial charge in [0.15, 0.2) is 0 Å². The van der Waals surface area contributed by atoms with Crippen LogP contribution in [0.15, 0.2) is 69.7 Å². The first-order valence-electron chi connectivity index (χ1n) is 11.0. The average molecular weight is 418 g/mol. The third kappa shape index (κ3) is 5.38. The SMILES string of the molecule is CC1CC1c1ccc(CN(Cc2ccco2)C(=O)/C=C/c2ccc(C(C)(C)C)cc2)o1. The predicted molar refractivity (Wildman–Crippen MR) is 122 cm³/mol. The number of nitrogens with zero attached hydrogens (tertiary/aromatic N) is 1. The average Bonchev–Trinajstić information content (AvgIpc) is 3.12. The molecule has 4 rings (SSSR count). The minimum absolute atomic E-state index is 0.0750. The van der Waals surface area contributed by atoms with Gasteiger partial charge in [0.1, 0.15) is 17.3 Å². The minimum Gasteiger partial charge on any atom is -0.467 e. The molecule has 1 fully saturated rings. The van der Waals surface area contributed by atoms with E-state index in [1.165, 1.54) is 12.0 Å². The highest BCUT2D eigenvalue weighted by atomic mass is 16.3. The van der Waals surface area contributed by atoms with Crippen LogP contribution in [0.25, 0.3) is 6.08 Å². The standard InChI is InChI=1S/C27H31NO3/c1-19-16-24(19)25-13-12-23(31-25)18-28(17-22-6-5-15-30-22)26(29)14-9-20-7-10-21(11-8-20)27(2,3)4/h5-15,19,24H,16-18H2,1-4H3/b14-9+. The van der Waals surface area contributed by atoms with Gasteiger partial charge in [-0.15, -0.1) is 0 Å². The number of furan rings is 2. The van der Waals surface area contributed by atoms with Crippen molar-refractivity contribution in [2.24, 2.45) is 5.92 Å². The molecule has 1 amide bonds. The number of amides is 1. The lowest BCUT2D eigenvalue weighted by atomic mass is 9.87. The third-order valence-electron chi connectivity index (χ3n) is 5.94. The van der Waals surface area contributed by atoms with Crippen LogP contribution in [0.3, 0.4) is 0 Å². The van der Waals surface area contributed by atoms with Gasteiger partial charge in [-0.2, -0.15) is 0 Å². The zero-order valence-corrected chi connectivity index (χ0v) is 18.8. The summed E-state index contributed by atoms with van der Waals surface area (Å²) in [5, 5.41) is 0. The maximum atomic E-state index is 13.0. The van der Waals surface area contributed by atoms with Crippen molar-refractivity contribution in [3.63, 3.8) is 0 Å². The summed E-state index contributed by atoms with van der Waals surface area (Å²) in [5.41, 5.74) is 2.38. The van der Waals surface area contributed by atoms with E-state index in [9.17, 15) is 4.79 Å². The molecule has 0 spiro atoms. The topological polar surface area (TPSA) is 46.6 Å². The summed E-state index contributed by atoms with van der Waals surface area (Å²) in [6.45, 7) is 9.62. The van der Waals surface area contributed by atoms with Gasteiger partial charge in [0.25, 0.3) is 0 Å². The van der Waals surface area contributed by atoms with Crippen LogP contribution >= 0.6 is 0 Å². The van der Waals surface area contributed by atoms with E-state index < -0.39 is 0 Å². The predicted octanol–water partition coefficient (Wildman–Crippen LogP) is 6.54. The summed E-state index contributed by atoms with van der Waals surface area (Å²) in [7, 11) is 0. The zero-order chi connectivity index (χ0) is 22.0. The summed E-state index contributed by atoms with van der Waals surface area (Å²) in [6, 6.07) is 16.1. The summed E-state index contributed by atoms with van der Waals surface area (Å²) in [5.74, 6) is 3.72. The van der Waals surface area contributed by atoms with E-state index in [1.807, 2.05) is 30.3 Å². The van der Waals surface area contributed by atoms with Crippen molar-refractivity contribution in [3.8, 4) is 0 Å². The van der Waals surface area contributed by atoms with Gasteiger partial charge in [0, 0.05) is 12.0 Å². The fourth-order valence-corrected chi connectivity index (χ4v) is 3.75. The second-order valence-corrected chi connectivity index (χ2v) is 9.60. The smallest absolute Gasteiger partial charge is 0.247 e. The van der Waals surface area contributed by atoms with Crippen molar-refractivity contribution in [3.05, 3.63) is 89.3 Å². The van der Waals surface area contributed by atoms with Crippen molar-refractivity contribution in [1.29, 1.82) is 0 Å². The Morgan fingerprint density at radius 2 is 1.77 bits per heavy atom. The zero-order valence-electron chi connectivity index (χ0n) is 18.8. The maximum Gasteiger partial charge on any atom is 0.247 e. The lowest BCUT2D eigenvalue weighted by Gasteiger charge is -2.19. The molecule has 2 atom stereocenters. The molecule has 0 bridgehead atoms. The number of hydrogen-bond acceptors (Lipinski definition) is 3. The first-order valence-corrected chi connectivity index (χ1v) is 11.0. The lowest BCUT2D eigenvalue weighted by molar-refractivity contribution is -0.127. The molecule has 2 unspecified atom stereocenters. The van der Waals surface area contributed by atoms with Gasteiger partial charge in [-0.3, -0.25) is 4.79 Å². The van der Waals surface area contributed by atoms with Crippen LogP contribution in [0, 0.1) is 5.92 Å². The Morgan fingerprint density at radius 3 is 2.39 bits per heavy atom. The molecule has 4 nitrogen and oxygen atoms in total. The fraction of sp³-hybridized carbons (Fsp3) is 0.370. The van der Waals surface area contributed by atoms with Crippen LogP contribution in [-0.4, -0.2) is 10.8 Å². The van der Waals surface area contributed by atoms with Crippen molar-refractivity contribution in [1.82, 2.24) is 4.90 Å². The van der Waals surface area contributed by atoms with E-state index in [0.717, 1.165) is 22.8 Å². The molecule has 1 aliphatic rings. The summed E-state index contributed by atoms with van der Waals surface area (Å²) < 4.78 is 11.5. The molecule has 1 saturated carbocycles. The molecule has 1 aromatic carbocycles. The molecule has 4 heteroatoms. The van der Waals surface area contributed by atoms with Gasteiger partial charge in [0.05, 0.1) is 19.4 Å². The Bertz CT molecular complexity index is 1040. The van der Waals surface area contributed by atoms with E-state index in [0.29, 0.717) is 24.9 Å². The van der Waals surface area contributed by atoms with Crippen LogP contribution in [0.5, 0.6) is 0 Å². The van der Waals surface area contributed by atoms with Crippen LogP contribution in [0.1, 0.15) is 68.4 Å². The second kappa shape index (κ2) is 8.62. The van der Waals surface area contributed by atoms with Crippen molar-refractivity contribution in [2.45, 2.75) is 58.5 Å². The maximum absolute atomic E-state index is 13.0. The monoisotopic (exact) mass is 417 g/mol. The summed E-state index contributed by atoms with van der Waals surface area (Å²) in [4.78, 5) is 14.8. The Hall–Kier alpha value is -3.01. The van der Waals surface area contributed by atoms with E-state index in [2.05, 4.69) is 52.0 Å². The molecule has 0 saturated heterocycles. The Morgan fingerprint density at radius 1 is 1.06 bits per heavy atom. The molecule has 0 radical (unpaired) electrons. The minimum atomic E-state index is -0.0750. The first-order chi connectivity index (χ1) is 14.8. The normalized spacial score (nSPS) is 18.5. The van der Waals surface area contributed by atoms with Crippen LogP contribution < -0.4 is 0 Å². The number of hydrogen-bond donors (Lipinski definition) is 0. The number of carbonyl (C=O) groups excluding carboxylic acids is 1. The molecule has 162 valence electrons. The number of carbonyl (C=O) groups is 1. The third-order valence-corrected chi connectivity index (χ3v) is 5.94. The van der Waals surface area contributed by atoms with Gasteiger partial charge in [-0.1, -0.05) is 52.0 Å². The highest BCUT2D eigenvalue weighted by Gasteiger charge is 2.36. The van der Waals surface area contributed by atoms with E-state index in [-0.39, 0.29) is 11.3 Å². The van der Waals surface area contributed by atoms with Crippen molar-refractivity contribution in [2.75, 3.05) is 0 Å². The fourth-order valence-electron chi connectivity index (χ4n) is 3.75. The molecular formula is C27H31NO3. The Balaban J connectivity index is 1.47. The number of rotatable bonds is 7. The number of benzene rings is 1. The Labute approximate surface area is 184 Å². The van der Waals surface area contributed by atoms with Crippen LogP contribution in [0.4, 0.5) is 0 Å². The molecule has 2 aromatic heterocycles.